The molecule has 0 bridgehead atoms. The first-order chi connectivity index (χ1) is 8.83. The molecule has 1 aliphatic rings. The van der Waals surface area contributed by atoms with E-state index in [-0.39, 0.29) is 11.8 Å². The van der Waals surface area contributed by atoms with Crippen LogP contribution in [0.3, 0.4) is 0 Å². The van der Waals surface area contributed by atoms with Crippen molar-refractivity contribution >= 4 is 11.6 Å². The van der Waals surface area contributed by atoms with E-state index in [4.69, 9.17) is 5.26 Å². The molecule has 3 nitrogen and oxygen atoms in total. The largest absolute Gasteiger partial charge is 0.311 e. The number of para-hydroxylation sites is 1. The van der Waals surface area contributed by atoms with Crippen molar-refractivity contribution in [1.82, 2.24) is 0 Å². The van der Waals surface area contributed by atoms with Gasteiger partial charge >= 0.3 is 0 Å². The maximum Gasteiger partial charge on any atom is 0.230 e. The van der Waals surface area contributed by atoms with Crippen molar-refractivity contribution in [2.75, 3.05) is 11.4 Å². The molecule has 18 heavy (non-hydrogen) atoms. The lowest BCUT2D eigenvalue weighted by atomic mass is 10.1. The average molecular weight is 242 g/mol. The number of hydrogen-bond donors (Lipinski definition) is 0. The zero-order valence-corrected chi connectivity index (χ0v) is 10.5. The van der Waals surface area contributed by atoms with Gasteiger partial charge in [0, 0.05) is 18.2 Å². The normalized spacial score (nSPS) is 15.3. The second-order valence-electron chi connectivity index (χ2n) is 4.71. The van der Waals surface area contributed by atoms with E-state index in [0.717, 1.165) is 31.4 Å². The number of rotatable bonds is 4. The Bertz CT molecular complexity index is 430. The van der Waals surface area contributed by atoms with Crippen molar-refractivity contribution < 1.29 is 4.79 Å². The Morgan fingerprint density at radius 3 is 2.56 bits per heavy atom. The smallest absolute Gasteiger partial charge is 0.230 e. The lowest BCUT2D eigenvalue weighted by Gasteiger charge is -2.24. The molecule has 0 saturated heterocycles. The van der Waals surface area contributed by atoms with Crippen molar-refractivity contribution in [3.05, 3.63) is 30.3 Å². The summed E-state index contributed by atoms with van der Waals surface area (Å²) in [6, 6.07) is 11.8. The summed E-state index contributed by atoms with van der Waals surface area (Å²) in [6.07, 6.45) is 4.67. The van der Waals surface area contributed by atoms with Gasteiger partial charge in [-0.05, 0) is 25.0 Å². The highest BCUT2D eigenvalue weighted by molar-refractivity contribution is 5.95. The fourth-order valence-corrected chi connectivity index (χ4v) is 2.53. The number of carbonyl (C=O) groups excluding carboxylic acids is 1. The second-order valence-corrected chi connectivity index (χ2v) is 4.71. The van der Waals surface area contributed by atoms with Gasteiger partial charge in [-0.1, -0.05) is 31.0 Å². The van der Waals surface area contributed by atoms with E-state index < -0.39 is 0 Å². The van der Waals surface area contributed by atoms with Gasteiger partial charge in [-0.25, -0.2) is 0 Å². The summed E-state index contributed by atoms with van der Waals surface area (Å²) in [7, 11) is 0. The number of nitriles is 1. The predicted molar refractivity (Wildman–Crippen MR) is 71.0 cm³/mol. The molecule has 0 aliphatic heterocycles. The van der Waals surface area contributed by atoms with Gasteiger partial charge in [0.05, 0.1) is 12.5 Å². The van der Waals surface area contributed by atoms with Gasteiger partial charge in [-0.15, -0.1) is 0 Å². The summed E-state index contributed by atoms with van der Waals surface area (Å²) >= 11 is 0. The highest BCUT2D eigenvalue weighted by atomic mass is 16.2. The van der Waals surface area contributed by atoms with E-state index in [9.17, 15) is 4.79 Å². The molecule has 1 aromatic rings. The van der Waals surface area contributed by atoms with Crippen LogP contribution in [0.2, 0.25) is 0 Å². The van der Waals surface area contributed by atoms with Crippen LogP contribution in [0, 0.1) is 17.2 Å². The molecule has 0 unspecified atom stereocenters. The molecular formula is C15H18N2O. The van der Waals surface area contributed by atoms with Gasteiger partial charge in [0.25, 0.3) is 0 Å². The van der Waals surface area contributed by atoms with Crippen LogP contribution < -0.4 is 4.90 Å². The van der Waals surface area contributed by atoms with Crippen LogP contribution in [-0.2, 0) is 4.79 Å². The van der Waals surface area contributed by atoms with Gasteiger partial charge in [0.15, 0.2) is 0 Å². The first kappa shape index (κ1) is 12.6. The highest BCUT2D eigenvalue weighted by Gasteiger charge is 2.27. The summed E-state index contributed by atoms with van der Waals surface area (Å²) in [5.41, 5.74) is 0.907. The van der Waals surface area contributed by atoms with Crippen LogP contribution >= 0.6 is 0 Å². The minimum atomic E-state index is 0.156. The molecule has 1 aromatic carbocycles. The average Bonchev–Trinajstić information content (AvgIpc) is 2.94. The first-order valence-corrected chi connectivity index (χ1v) is 6.56. The zero-order valence-electron chi connectivity index (χ0n) is 10.5. The maximum absolute atomic E-state index is 12.5. The summed E-state index contributed by atoms with van der Waals surface area (Å²) < 4.78 is 0. The molecule has 0 radical (unpaired) electrons. The Hall–Kier alpha value is -1.82. The lowest BCUT2D eigenvalue weighted by molar-refractivity contribution is -0.122. The molecule has 0 heterocycles. The summed E-state index contributed by atoms with van der Waals surface area (Å²) in [6.45, 7) is 0.496. The molecular weight excluding hydrogens is 224 g/mol. The SMILES string of the molecule is N#CCCN(C(=O)C1CCCC1)c1ccccc1. The van der Waals surface area contributed by atoms with E-state index in [1.54, 1.807) is 4.90 Å². The number of benzene rings is 1. The topological polar surface area (TPSA) is 44.1 Å². The van der Waals surface area contributed by atoms with Crippen LogP contribution in [0.4, 0.5) is 5.69 Å². The van der Waals surface area contributed by atoms with Crippen molar-refractivity contribution in [2.24, 2.45) is 5.92 Å². The molecule has 0 spiro atoms. The third kappa shape index (κ3) is 2.89. The lowest BCUT2D eigenvalue weighted by Crippen LogP contribution is -2.36. The number of anilines is 1. The van der Waals surface area contributed by atoms with Crippen LogP contribution in [0.1, 0.15) is 32.1 Å². The number of amides is 1. The van der Waals surface area contributed by atoms with Gasteiger partial charge in [0.1, 0.15) is 0 Å². The fourth-order valence-electron chi connectivity index (χ4n) is 2.53. The molecule has 1 aliphatic carbocycles. The van der Waals surface area contributed by atoms with Gasteiger partial charge in [0.2, 0.25) is 5.91 Å². The van der Waals surface area contributed by atoms with E-state index in [1.165, 1.54) is 0 Å². The first-order valence-electron chi connectivity index (χ1n) is 6.56. The minimum absolute atomic E-state index is 0.156. The molecule has 3 heteroatoms. The van der Waals surface area contributed by atoms with Crippen LogP contribution in [0.25, 0.3) is 0 Å². The van der Waals surface area contributed by atoms with Gasteiger partial charge < -0.3 is 4.90 Å². The number of nitrogens with zero attached hydrogens (tertiary/aromatic N) is 2. The quantitative estimate of drug-likeness (QED) is 0.814. The molecule has 94 valence electrons. The second kappa shape index (κ2) is 6.20. The number of hydrogen-bond acceptors (Lipinski definition) is 2. The third-order valence-corrected chi connectivity index (χ3v) is 3.49. The Labute approximate surface area is 108 Å². The Morgan fingerprint density at radius 1 is 1.28 bits per heavy atom. The van der Waals surface area contributed by atoms with Crippen LogP contribution in [0.5, 0.6) is 0 Å². The predicted octanol–water partition coefficient (Wildman–Crippen LogP) is 3.12. The van der Waals surface area contributed by atoms with E-state index in [2.05, 4.69) is 6.07 Å². The highest BCUT2D eigenvalue weighted by Crippen LogP contribution is 2.28. The Morgan fingerprint density at radius 2 is 1.94 bits per heavy atom. The summed E-state index contributed by atoms with van der Waals surface area (Å²) in [5, 5.41) is 8.72. The zero-order chi connectivity index (χ0) is 12.8. The van der Waals surface area contributed by atoms with Crippen LogP contribution in [0.15, 0.2) is 30.3 Å². The van der Waals surface area contributed by atoms with Crippen molar-refractivity contribution in [1.29, 1.82) is 5.26 Å². The Kier molecular flexibility index (Phi) is 4.35. The monoisotopic (exact) mass is 242 g/mol. The minimum Gasteiger partial charge on any atom is -0.311 e. The van der Waals surface area contributed by atoms with E-state index in [0.29, 0.717) is 13.0 Å². The molecule has 1 saturated carbocycles. The van der Waals surface area contributed by atoms with Crippen molar-refractivity contribution in [3.63, 3.8) is 0 Å². The maximum atomic E-state index is 12.5. The molecule has 0 atom stereocenters. The Balaban J connectivity index is 2.14. The summed E-state index contributed by atoms with van der Waals surface area (Å²) in [4.78, 5) is 14.2. The van der Waals surface area contributed by atoms with Crippen molar-refractivity contribution in [2.45, 2.75) is 32.1 Å². The van der Waals surface area contributed by atoms with Crippen molar-refractivity contribution in [3.8, 4) is 6.07 Å². The molecule has 1 fully saturated rings. The van der Waals surface area contributed by atoms with Gasteiger partial charge in [-0.2, -0.15) is 5.26 Å². The standard InChI is InChI=1S/C15H18N2O/c16-11-6-12-17(14-9-2-1-3-10-14)15(18)13-7-4-5-8-13/h1-3,9-10,13H,4-8,12H2. The molecule has 0 aromatic heterocycles. The molecule has 2 rings (SSSR count). The third-order valence-electron chi connectivity index (χ3n) is 3.49. The van der Waals surface area contributed by atoms with E-state index >= 15 is 0 Å². The molecule has 1 amide bonds. The molecule has 0 N–H and O–H groups in total. The van der Waals surface area contributed by atoms with E-state index in [1.807, 2.05) is 30.3 Å². The summed E-state index contributed by atoms with van der Waals surface area (Å²) in [5.74, 6) is 0.345. The van der Waals surface area contributed by atoms with Crippen LogP contribution in [-0.4, -0.2) is 12.5 Å². The van der Waals surface area contributed by atoms with Gasteiger partial charge in [-0.3, -0.25) is 4.79 Å². The number of carbonyl (C=O) groups is 1. The fraction of sp³-hybridized carbons (Fsp3) is 0.467.